The van der Waals surface area contributed by atoms with Crippen LogP contribution in [0.2, 0.25) is 0 Å². The van der Waals surface area contributed by atoms with Gasteiger partial charge in [-0.1, -0.05) is 42.7 Å². The van der Waals surface area contributed by atoms with Crippen molar-refractivity contribution in [3.05, 3.63) is 35.4 Å². The first-order valence-electron chi connectivity index (χ1n) is 7.65. The lowest BCUT2D eigenvalue weighted by Crippen LogP contribution is -2.43. The van der Waals surface area contributed by atoms with Gasteiger partial charge in [-0.05, 0) is 32.3 Å². The first-order chi connectivity index (χ1) is 9.52. The van der Waals surface area contributed by atoms with Crippen molar-refractivity contribution in [3.8, 4) is 0 Å². The average molecular weight is 274 g/mol. The van der Waals surface area contributed by atoms with Crippen molar-refractivity contribution in [2.75, 3.05) is 6.54 Å². The van der Waals surface area contributed by atoms with E-state index in [0.29, 0.717) is 13.0 Å². The Morgan fingerprint density at radius 3 is 2.65 bits per heavy atom. The Labute approximate surface area is 122 Å². The summed E-state index contributed by atoms with van der Waals surface area (Å²) in [6.45, 7) is 5.54. The van der Waals surface area contributed by atoms with E-state index in [1.807, 2.05) is 17.9 Å². The number of hydrogen-bond acceptors (Lipinski definition) is 2. The van der Waals surface area contributed by atoms with Crippen LogP contribution in [0.5, 0.6) is 0 Å². The molecule has 0 radical (unpaired) electrons. The number of aryl methyl sites for hydroxylation is 1. The molecule has 3 nitrogen and oxygen atoms in total. The maximum Gasteiger partial charge on any atom is 0.224 e. The average Bonchev–Trinajstić information content (AvgIpc) is 2.82. The molecule has 0 saturated heterocycles. The molecule has 0 heterocycles. The second-order valence-corrected chi connectivity index (χ2v) is 6.14. The van der Waals surface area contributed by atoms with Gasteiger partial charge < -0.3 is 10.6 Å². The monoisotopic (exact) mass is 274 g/mol. The molecule has 1 amide bonds. The summed E-state index contributed by atoms with van der Waals surface area (Å²) >= 11 is 0. The van der Waals surface area contributed by atoms with Gasteiger partial charge in [-0.25, -0.2) is 0 Å². The summed E-state index contributed by atoms with van der Waals surface area (Å²) in [6.07, 6.45) is 4.79. The summed E-state index contributed by atoms with van der Waals surface area (Å²) in [5.41, 5.74) is 8.50. The standard InChI is InChI=1S/C17H26N2O/c1-3-19(13-15-8-6-7-14(2)11-15)16(20)12-17(18)9-4-5-10-17/h6-8,11H,3-5,9-10,12-13,18H2,1-2H3. The van der Waals surface area contributed by atoms with Crippen LogP contribution in [0.3, 0.4) is 0 Å². The Bertz CT molecular complexity index is 464. The van der Waals surface area contributed by atoms with E-state index in [4.69, 9.17) is 5.73 Å². The molecule has 1 aliphatic carbocycles. The van der Waals surface area contributed by atoms with Crippen molar-refractivity contribution in [1.29, 1.82) is 0 Å². The third-order valence-electron chi connectivity index (χ3n) is 4.29. The minimum atomic E-state index is -0.253. The van der Waals surface area contributed by atoms with Crippen LogP contribution < -0.4 is 5.73 Å². The SMILES string of the molecule is CCN(Cc1cccc(C)c1)C(=O)CC1(N)CCCC1. The van der Waals surface area contributed by atoms with Gasteiger partial charge in [-0.2, -0.15) is 0 Å². The first-order valence-corrected chi connectivity index (χ1v) is 7.65. The van der Waals surface area contributed by atoms with Crippen molar-refractivity contribution >= 4 is 5.91 Å². The molecule has 1 saturated carbocycles. The third kappa shape index (κ3) is 3.83. The Balaban J connectivity index is 1.98. The van der Waals surface area contributed by atoms with Gasteiger partial charge in [0.25, 0.3) is 0 Å². The van der Waals surface area contributed by atoms with Crippen molar-refractivity contribution < 1.29 is 4.79 Å². The molecule has 0 aromatic heterocycles. The maximum atomic E-state index is 12.5. The van der Waals surface area contributed by atoms with Crippen molar-refractivity contribution in [1.82, 2.24) is 4.90 Å². The van der Waals surface area contributed by atoms with Crippen molar-refractivity contribution in [3.63, 3.8) is 0 Å². The fraction of sp³-hybridized carbons (Fsp3) is 0.588. The highest BCUT2D eigenvalue weighted by Crippen LogP contribution is 2.30. The van der Waals surface area contributed by atoms with Gasteiger partial charge >= 0.3 is 0 Å². The molecule has 2 N–H and O–H groups in total. The quantitative estimate of drug-likeness (QED) is 0.897. The fourth-order valence-corrected chi connectivity index (χ4v) is 3.08. The van der Waals surface area contributed by atoms with E-state index in [9.17, 15) is 4.79 Å². The van der Waals surface area contributed by atoms with Gasteiger partial charge in [0.05, 0.1) is 0 Å². The van der Waals surface area contributed by atoms with Crippen LogP contribution in [-0.2, 0) is 11.3 Å². The molecule has 1 fully saturated rings. The highest BCUT2D eigenvalue weighted by molar-refractivity contribution is 5.77. The van der Waals surface area contributed by atoms with Gasteiger partial charge in [0.2, 0.25) is 5.91 Å². The number of carbonyl (C=O) groups excluding carboxylic acids is 1. The minimum absolute atomic E-state index is 0.193. The highest BCUT2D eigenvalue weighted by atomic mass is 16.2. The summed E-state index contributed by atoms with van der Waals surface area (Å²) in [5.74, 6) is 0.193. The van der Waals surface area contributed by atoms with E-state index in [1.54, 1.807) is 0 Å². The molecule has 1 aromatic carbocycles. The highest BCUT2D eigenvalue weighted by Gasteiger charge is 2.33. The predicted molar refractivity (Wildman–Crippen MR) is 82.3 cm³/mol. The van der Waals surface area contributed by atoms with Gasteiger partial charge in [-0.15, -0.1) is 0 Å². The number of nitrogens with two attached hydrogens (primary N) is 1. The van der Waals surface area contributed by atoms with Crippen LogP contribution in [0.4, 0.5) is 0 Å². The van der Waals surface area contributed by atoms with Crippen LogP contribution in [0.15, 0.2) is 24.3 Å². The molecule has 3 heteroatoms. The lowest BCUT2D eigenvalue weighted by atomic mass is 9.94. The Morgan fingerprint density at radius 2 is 2.05 bits per heavy atom. The van der Waals surface area contributed by atoms with Crippen LogP contribution in [0.1, 0.15) is 50.2 Å². The number of nitrogens with zero attached hydrogens (tertiary/aromatic N) is 1. The third-order valence-corrected chi connectivity index (χ3v) is 4.29. The Hall–Kier alpha value is -1.35. The summed E-state index contributed by atoms with van der Waals surface area (Å²) in [4.78, 5) is 14.4. The molecular formula is C17H26N2O. The zero-order valence-electron chi connectivity index (χ0n) is 12.7. The van der Waals surface area contributed by atoms with E-state index in [0.717, 1.165) is 32.2 Å². The number of carbonyl (C=O) groups is 1. The lowest BCUT2D eigenvalue weighted by Gasteiger charge is -2.28. The van der Waals surface area contributed by atoms with Gasteiger partial charge in [-0.3, -0.25) is 4.79 Å². The van der Waals surface area contributed by atoms with Crippen LogP contribution >= 0.6 is 0 Å². The lowest BCUT2D eigenvalue weighted by molar-refractivity contribution is -0.132. The minimum Gasteiger partial charge on any atom is -0.339 e. The zero-order chi connectivity index (χ0) is 14.6. The van der Waals surface area contributed by atoms with Gasteiger partial charge in [0.15, 0.2) is 0 Å². The second-order valence-electron chi connectivity index (χ2n) is 6.14. The first kappa shape index (κ1) is 15.0. The van der Waals surface area contributed by atoms with Gasteiger partial charge in [0.1, 0.15) is 0 Å². The summed E-state index contributed by atoms with van der Waals surface area (Å²) in [7, 11) is 0. The molecular weight excluding hydrogens is 248 g/mol. The van der Waals surface area contributed by atoms with E-state index in [1.165, 1.54) is 11.1 Å². The van der Waals surface area contributed by atoms with Crippen molar-refractivity contribution in [2.24, 2.45) is 5.73 Å². The molecule has 0 atom stereocenters. The van der Waals surface area contributed by atoms with E-state index in [2.05, 4.69) is 25.1 Å². The molecule has 2 rings (SSSR count). The van der Waals surface area contributed by atoms with E-state index in [-0.39, 0.29) is 11.4 Å². The largest absolute Gasteiger partial charge is 0.339 e. The van der Waals surface area contributed by atoms with Crippen LogP contribution in [-0.4, -0.2) is 22.9 Å². The molecule has 1 aliphatic rings. The smallest absolute Gasteiger partial charge is 0.224 e. The summed E-state index contributed by atoms with van der Waals surface area (Å²) in [5, 5.41) is 0. The summed E-state index contributed by atoms with van der Waals surface area (Å²) < 4.78 is 0. The normalized spacial score (nSPS) is 17.1. The second kappa shape index (κ2) is 6.40. The molecule has 0 unspecified atom stereocenters. The number of amides is 1. The Morgan fingerprint density at radius 1 is 1.35 bits per heavy atom. The maximum absolute atomic E-state index is 12.5. The number of rotatable bonds is 5. The molecule has 1 aromatic rings. The Kier molecular flexibility index (Phi) is 4.81. The molecule has 0 aliphatic heterocycles. The topological polar surface area (TPSA) is 46.3 Å². The van der Waals surface area contributed by atoms with Gasteiger partial charge in [0, 0.05) is 25.0 Å². The van der Waals surface area contributed by atoms with Crippen molar-refractivity contribution in [2.45, 2.75) is 58.0 Å². The molecule has 110 valence electrons. The van der Waals surface area contributed by atoms with E-state index < -0.39 is 0 Å². The van der Waals surface area contributed by atoms with Crippen LogP contribution in [0.25, 0.3) is 0 Å². The summed E-state index contributed by atoms with van der Waals surface area (Å²) in [6, 6.07) is 8.35. The molecule has 0 spiro atoms. The molecule has 0 bridgehead atoms. The van der Waals surface area contributed by atoms with Crippen LogP contribution in [0, 0.1) is 6.92 Å². The number of benzene rings is 1. The predicted octanol–water partition coefficient (Wildman–Crippen LogP) is 3.01. The molecule has 20 heavy (non-hydrogen) atoms. The number of hydrogen-bond donors (Lipinski definition) is 1. The van der Waals surface area contributed by atoms with E-state index >= 15 is 0 Å². The fourth-order valence-electron chi connectivity index (χ4n) is 3.08. The zero-order valence-corrected chi connectivity index (χ0v) is 12.7.